The molecule has 6 heteroatoms. The van der Waals surface area contributed by atoms with Gasteiger partial charge in [-0.3, -0.25) is 0 Å². The van der Waals surface area contributed by atoms with Crippen LogP contribution in [-0.4, -0.2) is 26.5 Å². The summed E-state index contributed by atoms with van der Waals surface area (Å²) in [6.07, 6.45) is 6.67. The second kappa shape index (κ2) is 7.58. The summed E-state index contributed by atoms with van der Waals surface area (Å²) >= 11 is 0. The van der Waals surface area contributed by atoms with E-state index in [1.807, 2.05) is 12.1 Å². The fraction of sp³-hybridized carbons (Fsp3) is 0.353. The van der Waals surface area contributed by atoms with Gasteiger partial charge >= 0.3 is 0 Å². The molecule has 23 heavy (non-hydrogen) atoms. The Bertz CT molecular complexity index is 738. The fourth-order valence-corrected chi connectivity index (χ4v) is 2.33. The van der Waals surface area contributed by atoms with Crippen LogP contribution in [0.25, 0.3) is 11.2 Å². The molecular formula is C17H21N5O. The van der Waals surface area contributed by atoms with E-state index in [2.05, 4.69) is 44.3 Å². The lowest BCUT2D eigenvalue weighted by Crippen LogP contribution is -2.03. The first-order valence-electron chi connectivity index (χ1n) is 7.96. The molecule has 3 rings (SSSR count). The number of aromatic amines is 1. The number of unbranched alkanes of at least 4 members (excludes halogenated alkanes) is 2. The Kier molecular flexibility index (Phi) is 5.03. The maximum Gasteiger partial charge on any atom is 0.162 e. The third kappa shape index (κ3) is 3.97. The van der Waals surface area contributed by atoms with E-state index >= 15 is 0 Å². The number of anilines is 1. The fourth-order valence-electron chi connectivity index (χ4n) is 2.33. The van der Waals surface area contributed by atoms with Crippen molar-refractivity contribution >= 4 is 17.0 Å². The molecule has 0 fully saturated rings. The number of ether oxygens (including phenoxy) is 1. The zero-order chi connectivity index (χ0) is 15.9. The number of rotatable bonds is 8. The maximum absolute atomic E-state index is 5.72. The number of benzene rings is 1. The molecule has 2 heterocycles. The summed E-state index contributed by atoms with van der Waals surface area (Å²) in [5.41, 5.74) is 2.65. The number of aromatic nitrogens is 4. The molecular weight excluding hydrogens is 290 g/mol. The number of nitrogens with zero attached hydrogens (tertiary/aromatic N) is 3. The van der Waals surface area contributed by atoms with E-state index in [9.17, 15) is 0 Å². The standard InChI is InChI=1S/C17H21N5O/c1-2-3-4-9-23-14-7-5-13(6-8-14)10-18-16-15-17(20-11-19-15)22-12-21-16/h5-8,11-12H,2-4,9-10H2,1H3,(H2,18,19,20,21,22). The van der Waals surface area contributed by atoms with Gasteiger partial charge in [-0.05, 0) is 24.1 Å². The Morgan fingerprint density at radius 1 is 1.09 bits per heavy atom. The number of H-pyrrole nitrogens is 1. The zero-order valence-electron chi connectivity index (χ0n) is 13.2. The van der Waals surface area contributed by atoms with Crippen molar-refractivity contribution in [2.45, 2.75) is 32.7 Å². The summed E-state index contributed by atoms with van der Waals surface area (Å²) < 4.78 is 5.72. The minimum atomic E-state index is 0.676. The molecule has 0 saturated carbocycles. The van der Waals surface area contributed by atoms with Gasteiger partial charge in [0, 0.05) is 6.54 Å². The summed E-state index contributed by atoms with van der Waals surface area (Å²) in [4.78, 5) is 15.6. The van der Waals surface area contributed by atoms with Crippen LogP contribution in [0.5, 0.6) is 5.75 Å². The molecule has 0 atom stereocenters. The molecule has 0 radical (unpaired) electrons. The Morgan fingerprint density at radius 3 is 2.78 bits per heavy atom. The molecule has 0 bridgehead atoms. The summed E-state index contributed by atoms with van der Waals surface area (Å²) in [6.45, 7) is 3.65. The van der Waals surface area contributed by atoms with Gasteiger partial charge in [-0.15, -0.1) is 0 Å². The Hall–Kier alpha value is -2.63. The highest BCUT2D eigenvalue weighted by Gasteiger charge is 2.05. The van der Waals surface area contributed by atoms with Crippen molar-refractivity contribution in [3.8, 4) is 5.75 Å². The molecule has 0 unspecified atom stereocenters. The van der Waals surface area contributed by atoms with Gasteiger partial charge in [-0.1, -0.05) is 31.9 Å². The Balaban J connectivity index is 1.55. The van der Waals surface area contributed by atoms with Crippen molar-refractivity contribution in [1.82, 2.24) is 19.9 Å². The highest BCUT2D eigenvalue weighted by atomic mass is 16.5. The predicted octanol–water partition coefficient (Wildman–Crippen LogP) is 3.53. The van der Waals surface area contributed by atoms with E-state index < -0.39 is 0 Å². The normalized spacial score (nSPS) is 10.8. The smallest absolute Gasteiger partial charge is 0.162 e. The second-order valence-electron chi connectivity index (χ2n) is 5.38. The van der Waals surface area contributed by atoms with Crippen LogP contribution in [0.2, 0.25) is 0 Å². The SMILES string of the molecule is CCCCCOc1ccc(CNc2ncnc3[nH]cnc23)cc1. The van der Waals surface area contributed by atoms with Gasteiger partial charge in [0.05, 0.1) is 12.9 Å². The van der Waals surface area contributed by atoms with Gasteiger partial charge in [0.1, 0.15) is 17.6 Å². The minimum Gasteiger partial charge on any atom is -0.494 e. The number of nitrogens with one attached hydrogen (secondary N) is 2. The largest absolute Gasteiger partial charge is 0.494 e. The van der Waals surface area contributed by atoms with Crippen LogP contribution in [0, 0.1) is 0 Å². The van der Waals surface area contributed by atoms with Gasteiger partial charge in [0.2, 0.25) is 0 Å². The molecule has 0 aliphatic rings. The number of hydrogen-bond acceptors (Lipinski definition) is 5. The van der Waals surface area contributed by atoms with Gasteiger partial charge in [0.15, 0.2) is 11.5 Å². The molecule has 2 N–H and O–H groups in total. The van der Waals surface area contributed by atoms with Crippen LogP contribution in [0.1, 0.15) is 31.7 Å². The first-order valence-corrected chi connectivity index (χ1v) is 7.96. The number of imidazole rings is 1. The molecule has 2 aromatic heterocycles. The molecule has 0 amide bonds. The van der Waals surface area contributed by atoms with E-state index in [0.717, 1.165) is 41.3 Å². The van der Waals surface area contributed by atoms with Gasteiger partial charge < -0.3 is 15.0 Å². The summed E-state index contributed by atoms with van der Waals surface area (Å²) in [7, 11) is 0. The second-order valence-corrected chi connectivity index (χ2v) is 5.38. The molecule has 0 aliphatic heterocycles. The first-order chi connectivity index (χ1) is 11.4. The van der Waals surface area contributed by atoms with Gasteiger partial charge in [-0.2, -0.15) is 0 Å². The van der Waals surface area contributed by atoms with Crippen LogP contribution >= 0.6 is 0 Å². The van der Waals surface area contributed by atoms with Crippen molar-refractivity contribution in [2.24, 2.45) is 0 Å². The lowest BCUT2D eigenvalue weighted by molar-refractivity contribution is 0.306. The van der Waals surface area contributed by atoms with Crippen molar-refractivity contribution in [3.05, 3.63) is 42.5 Å². The quantitative estimate of drug-likeness (QED) is 0.622. The van der Waals surface area contributed by atoms with Gasteiger partial charge in [0.25, 0.3) is 0 Å². The summed E-state index contributed by atoms with van der Waals surface area (Å²) in [5, 5.41) is 3.29. The number of hydrogen-bond donors (Lipinski definition) is 2. The third-order valence-electron chi connectivity index (χ3n) is 3.62. The Labute approximate surface area is 135 Å². The van der Waals surface area contributed by atoms with Crippen LogP contribution in [0.15, 0.2) is 36.9 Å². The topological polar surface area (TPSA) is 75.7 Å². The van der Waals surface area contributed by atoms with Crippen LogP contribution in [-0.2, 0) is 6.54 Å². The number of fused-ring (bicyclic) bond motifs is 1. The average molecular weight is 311 g/mol. The summed E-state index contributed by atoms with van der Waals surface area (Å²) in [6, 6.07) is 8.14. The first kappa shape index (κ1) is 15.3. The molecule has 3 aromatic rings. The van der Waals surface area contributed by atoms with Crippen LogP contribution < -0.4 is 10.1 Å². The van der Waals surface area contributed by atoms with Crippen molar-refractivity contribution in [3.63, 3.8) is 0 Å². The highest BCUT2D eigenvalue weighted by molar-refractivity contribution is 5.81. The molecule has 120 valence electrons. The maximum atomic E-state index is 5.72. The summed E-state index contributed by atoms with van der Waals surface area (Å²) in [5.74, 6) is 1.65. The Morgan fingerprint density at radius 2 is 1.96 bits per heavy atom. The highest BCUT2D eigenvalue weighted by Crippen LogP contribution is 2.17. The third-order valence-corrected chi connectivity index (χ3v) is 3.62. The van der Waals surface area contributed by atoms with Crippen molar-refractivity contribution in [2.75, 3.05) is 11.9 Å². The lowest BCUT2D eigenvalue weighted by atomic mass is 10.2. The van der Waals surface area contributed by atoms with E-state index in [-0.39, 0.29) is 0 Å². The van der Waals surface area contributed by atoms with Crippen molar-refractivity contribution in [1.29, 1.82) is 0 Å². The monoisotopic (exact) mass is 311 g/mol. The average Bonchev–Trinajstić information content (AvgIpc) is 3.07. The molecule has 1 aromatic carbocycles. The zero-order valence-corrected chi connectivity index (χ0v) is 13.2. The van der Waals surface area contributed by atoms with Gasteiger partial charge in [-0.25, -0.2) is 15.0 Å². The van der Waals surface area contributed by atoms with E-state index in [1.54, 1.807) is 6.33 Å². The minimum absolute atomic E-state index is 0.676. The predicted molar refractivity (Wildman–Crippen MR) is 90.5 cm³/mol. The van der Waals surface area contributed by atoms with Crippen molar-refractivity contribution < 1.29 is 4.74 Å². The van der Waals surface area contributed by atoms with Crippen LogP contribution in [0.4, 0.5) is 5.82 Å². The van der Waals surface area contributed by atoms with Crippen LogP contribution in [0.3, 0.4) is 0 Å². The van der Waals surface area contributed by atoms with E-state index in [0.29, 0.717) is 6.54 Å². The lowest BCUT2D eigenvalue weighted by Gasteiger charge is -2.08. The molecule has 6 nitrogen and oxygen atoms in total. The molecule has 0 spiro atoms. The molecule has 0 aliphatic carbocycles. The molecule has 0 saturated heterocycles. The van der Waals surface area contributed by atoms with E-state index in [1.165, 1.54) is 19.2 Å². The van der Waals surface area contributed by atoms with E-state index in [4.69, 9.17) is 4.74 Å².